The average Bonchev–Trinajstić information content (AvgIpc) is 3.99. The van der Waals surface area contributed by atoms with Gasteiger partial charge in [0.05, 0.1) is 39.9 Å². The molecule has 0 spiro atoms. The van der Waals surface area contributed by atoms with Crippen molar-refractivity contribution in [2.45, 2.75) is 24.5 Å². The van der Waals surface area contributed by atoms with Gasteiger partial charge in [-0.2, -0.15) is 0 Å². The molecule has 0 saturated carbocycles. The third kappa shape index (κ3) is 6.12. The predicted octanol–water partition coefficient (Wildman–Crippen LogP) is 17.2. The molecular formula is C56H47N3S3Si. The number of para-hydroxylation sites is 2. The summed E-state index contributed by atoms with van der Waals surface area (Å²) in [5, 5.41) is 11.9. The largest absolute Gasteiger partial charge is 0.353 e. The molecule has 0 aliphatic heterocycles. The first-order chi connectivity index (χ1) is 30.5. The SMILES string of the molecule is C[Si](C)(C)c1ccc(N(c2ccccc2)c2cccc3c2sc2cc4ccc5cc6sc7c(N(c8ccccc8)c8ccc(S(C)(C)C)cc8)cccc7c6c6[nH]c(c23)c4c56)cc1. The van der Waals surface area contributed by atoms with Gasteiger partial charge in [0.2, 0.25) is 0 Å². The Labute approximate surface area is 378 Å². The standard InChI is InChI=1S/C56H47N3S3Si/c1-62(2,3)41-29-25-39(26-30-41)58(37-15-9-7-10-16-37)45-21-13-19-43-51-47(60-55(43)45)33-35-23-24-36-34-48-52(54-50(36)49(35)53(51)57-54)44-20-14-22-46(56(44)61-48)59(38-17-11-8-12-18-38)40-27-31-42(32-28-40)63(4,5)6/h7-34,57H,1-6H3. The zero-order valence-electron chi connectivity index (χ0n) is 36.3. The van der Waals surface area contributed by atoms with Crippen molar-refractivity contribution in [1.82, 2.24) is 4.98 Å². The van der Waals surface area contributed by atoms with E-state index in [4.69, 9.17) is 0 Å². The Bertz CT molecular complexity index is 3440. The minimum Gasteiger partial charge on any atom is -0.353 e. The Morgan fingerprint density at radius 1 is 0.444 bits per heavy atom. The molecule has 0 radical (unpaired) electrons. The summed E-state index contributed by atoms with van der Waals surface area (Å²) in [4.78, 5) is 10.5. The first-order valence-electron chi connectivity index (χ1n) is 21.6. The van der Waals surface area contributed by atoms with Crippen LogP contribution in [-0.4, -0.2) is 31.8 Å². The van der Waals surface area contributed by atoms with Crippen LogP contribution >= 0.6 is 32.7 Å². The van der Waals surface area contributed by atoms with Crippen LogP contribution in [0.5, 0.6) is 0 Å². The van der Waals surface area contributed by atoms with Crippen LogP contribution in [0.25, 0.3) is 72.9 Å². The molecule has 7 heteroatoms. The highest BCUT2D eigenvalue weighted by Gasteiger charge is 2.25. The number of thiophene rings is 2. The molecule has 12 rings (SSSR count). The number of anilines is 6. The van der Waals surface area contributed by atoms with Gasteiger partial charge in [0.25, 0.3) is 0 Å². The Hall–Kier alpha value is -6.09. The summed E-state index contributed by atoms with van der Waals surface area (Å²) in [7, 11) is -2.30. The van der Waals surface area contributed by atoms with E-state index in [-0.39, 0.29) is 0 Å². The molecule has 9 aromatic carbocycles. The van der Waals surface area contributed by atoms with E-state index in [9.17, 15) is 0 Å². The lowest BCUT2D eigenvalue weighted by Gasteiger charge is -2.29. The van der Waals surface area contributed by atoms with Crippen molar-refractivity contribution in [3.05, 3.63) is 170 Å². The van der Waals surface area contributed by atoms with E-state index in [1.165, 1.54) is 106 Å². The van der Waals surface area contributed by atoms with Crippen LogP contribution < -0.4 is 15.0 Å². The third-order valence-corrected chi connectivity index (χ3v) is 18.9. The smallest absolute Gasteiger partial charge is 0.0775 e. The van der Waals surface area contributed by atoms with Crippen LogP contribution in [0.2, 0.25) is 19.6 Å². The molecule has 1 N–H and O–H groups in total. The molecule has 0 fully saturated rings. The van der Waals surface area contributed by atoms with E-state index in [0.29, 0.717) is 0 Å². The van der Waals surface area contributed by atoms with Gasteiger partial charge in [0, 0.05) is 64.5 Å². The van der Waals surface area contributed by atoms with Gasteiger partial charge in [0.15, 0.2) is 0 Å². The minimum absolute atomic E-state index is 0.844. The van der Waals surface area contributed by atoms with Crippen LogP contribution in [0.3, 0.4) is 0 Å². The normalized spacial score (nSPS) is 12.9. The van der Waals surface area contributed by atoms with E-state index >= 15 is 0 Å². The Balaban J connectivity index is 1.09. The highest BCUT2D eigenvalue weighted by molar-refractivity contribution is 8.32. The zero-order chi connectivity index (χ0) is 42.8. The lowest BCUT2D eigenvalue weighted by Crippen LogP contribution is -2.37. The second kappa shape index (κ2) is 14.2. The summed E-state index contributed by atoms with van der Waals surface area (Å²) >= 11 is 3.81. The van der Waals surface area contributed by atoms with E-state index < -0.39 is 18.1 Å². The number of nitrogens with one attached hydrogen (secondary N) is 1. The molecule has 0 aliphatic rings. The Morgan fingerprint density at radius 2 is 0.873 bits per heavy atom. The number of hydrogen-bond donors (Lipinski definition) is 1. The summed E-state index contributed by atoms with van der Waals surface area (Å²) in [5.74, 6) is 0. The summed E-state index contributed by atoms with van der Waals surface area (Å²) in [6, 6.07) is 63.6. The molecule has 3 aromatic heterocycles. The molecule has 308 valence electrons. The van der Waals surface area contributed by atoms with Crippen molar-refractivity contribution in [2.24, 2.45) is 0 Å². The monoisotopic (exact) mass is 885 g/mol. The highest BCUT2D eigenvalue weighted by Crippen LogP contribution is 2.53. The van der Waals surface area contributed by atoms with E-state index in [2.05, 4.69) is 223 Å². The van der Waals surface area contributed by atoms with Gasteiger partial charge in [0.1, 0.15) is 0 Å². The number of benzene rings is 9. The van der Waals surface area contributed by atoms with Gasteiger partial charge < -0.3 is 14.8 Å². The minimum atomic E-state index is -1.46. The summed E-state index contributed by atoms with van der Waals surface area (Å²) in [5.41, 5.74) is 9.51. The quantitative estimate of drug-likeness (QED) is 0.121. The maximum Gasteiger partial charge on any atom is 0.0775 e. The van der Waals surface area contributed by atoms with Crippen molar-refractivity contribution >= 4 is 153 Å². The topological polar surface area (TPSA) is 22.3 Å². The molecule has 0 unspecified atom stereocenters. The lowest BCUT2D eigenvalue weighted by molar-refractivity contribution is 1.28. The average molecular weight is 886 g/mol. The van der Waals surface area contributed by atoms with Crippen molar-refractivity contribution in [1.29, 1.82) is 0 Å². The first-order valence-corrected chi connectivity index (χ1v) is 29.6. The number of aromatic amines is 1. The predicted molar refractivity (Wildman–Crippen MR) is 286 cm³/mol. The van der Waals surface area contributed by atoms with Crippen molar-refractivity contribution in [3.8, 4) is 0 Å². The maximum atomic E-state index is 4.16. The van der Waals surface area contributed by atoms with Gasteiger partial charge in [-0.1, -0.05) is 110 Å². The van der Waals surface area contributed by atoms with Gasteiger partial charge in [-0.15, -0.1) is 22.7 Å². The van der Waals surface area contributed by atoms with Crippen molar-refractivity contribution in [3.63, 3.8) is 0 Å². The number of nitrogens with zero attached hydrogens (tertiary/aromatic N) is 2. The fourth-order valence-corrected chi connectivity index (χ4v) is 14.4. The molecule has 12 aromatic rings. The molecular weight excluding hydrogens is 839 g/mol. The molecule has 63 heavy (non-hydrogen) atoms. The van der Waals surface area contributed by atoms with E-state index in [1.54, 1.807) is 0 Å². The zero-order valence-corrected chi connectivity index (χ0v) is 39.7. The maximum absolute atomic E-state index is 4.16. The second-order valence-electron chi connectivity index (χ2n) is 18.6. The number of hydrogen-bond acceptors (Lipinski definition) is 4. The van der Waals surface area contributed by atoms with E-state index in [0.717, 1.165) is 11.4 Å². The molecule has 0 atom stereocenters. The molecule has 0 aliphatic carbocycles. The van der Waals surface area contributed by atoms with Crippen molar-refractivity contribution in [2.75, 3.05) is 28.6 Å². The van der Waals surface area contributed by atoms with Gasteiger partial charge >= 0.3 is 0 Å². The van der Waals surface area contributed by atoms with Crippen LogP contribution in [0.1, 0.15) is 0 Å². The first kappa shape index (κ1) is 38.6. The summed E-state index contributed by atoms with van der Waals surface area (Å²) in [6.45, 7) is 7.25. The summed E-state index contributed by atoms with van der Waals surface area (Å²) < 4.78 is 5.18. The van der Waals surface area contributed by atoms with Gasteiger partial charge in [-0.3, -0.25) is 0 Å². The molecule has 3 nitrogen and oxygen atoms in total. The number of fused-ring (bicyclic) bond motifs is 8. The van der Waals surface area contributed by atoms with Gasteiger partial charge in [-0.05, 0) is 119 Å². The number of H-pyrrole nitrogens is 1. The van der Waals surface area contributed by atoms with Crippen LogP contribution in [0.4, 0.5) is 34.1 Å². The lowest BCUT2D eigenvalue weighted by atomic mass is 9.98. The molecule has 0 bridgehead atoms. The molecule has 0 saturated heterocycles. The van der Waals surface area contributed by atoms with Crippen molar-refractivity contribution < 1.29 is 0 Å². The van der Waals surface area contributed by atoms with E-state index in [1.807, 2.05) is 22.7 Å². The summed E-state index contributed by atoms with van der Waals surface area (Å²) in [6.07, 6.45) is 7.09. The van der Waals surface area contributed by atoms with Crippen LogP contribution in [-0.2, 0) is 0 Å². The molecule has 3 heterocycles. The fraction of sp³-hybridized carbons (Fsp3) is 0.107. The third-order valence-electron chi connectivity index (χ3n) is 12.8. The van der Waals surface area contributed by atoms with Crippen LogP contribution in [0, 0.1) is 0 Å². The Kier molecular flexibility index (Phi) is 8.70. The Morgan fingerprint density at radius 3 is 1.30 bits per heavy atom. The number of aromatic nitrogens is 1. The van der Waals surface area contributed by atoms with Gasteiger partial charge in [-0.25, -0.2) is 10.0 Å². The molecule has 0 amide bonds. The highest BCUT2D eigenvalue weighted by atomic mass is 32.3. The fourth-order valence-electron chi connectivity index (χ4n) is 9.76. The van der Waals surface area contributed by atoms with Crippen LogP contribution in [0.15, 0.2) is 175 Å². The second-order valence-corrected chi connectivity index (χ2v) is 29.9. The number of rotatable bonds is 8.